The molecule has 0 saturated carbocycles. The maximum Gasteiger partial charge on any atom is 0.244 e. The lowest BCUT2D eigenvalue weighted by atomic mass is 10.1. The Labute approximate surface area is 177 Å². The van der Waals surface area contributed by atoms with Gasteiger partial charge in [-0.2, -0.15) is 0 Å². The third kappa shape index (κ3) is 5.26. The fourth-order valence-corrected chi connectivity index (χ4v) is 3.44. The number of amides is 2. The maximum atomic E-state index is 12.8. The van der Waals surface area contributed by atoms with Gasteiger partial charge in [0.25, 0.3) is 0 Å². The van der Waals surface area contributed by atoms with Crippen molar-refractivity contribution >= 4 is 28.5 Å². The van der Waals surface area contributed by atoms with E-state index in [1.807, 2.05) is 66.9 Å². The first-order chi connectivity index (χ1) is 14.5. The van der Waals surface area contributed by atoms with Gasteiger partial charge in [-0.05, 0) is 36.6 Å². The molecule has 0 aliphatic heterocycles. The van der Waals surface area contributed by atoms with E-state index in [4.69, 9.17) is 4.98 Å². The molecule has 0 bridgehead atoms. The van der Waals surface area contributed by atoms with Crippen LogP contribution in [0.5, 0.6) is 0 Å². The van der Waals surface area contributed by atoms with Gasteiger partial charge in [-0.1, -0.05) is 51.1 Å². The van der Waals surface area contributed by atoms with Gasteiger partial charge < -0.3 is 15.2 Å². The first kappa shape index (κ1) is 21.6. The van der Waals surface area contributed by atoms with E-state index in [9.17, 15) is 9.59 Å². The van der Waals surface area contributed by atoms with E-state index in [0.717, 1.165) is 41.0 Å². The van der Waals surface area contributed by atoms with Crippen LogP contribution in [-0.4, -0.2) is 27.9 Å². The molecule has 2 N–H and O–H groups in total. The SMILES string of the molecule is CCc1ccccc1NC(=O)Cn1c(CCCNC(=O)C(C)C)nc2ccccc21. The number of fused-ring (bicyclic) bond motifs is 1. The van der Waals surface area contributed by atoms with Crippen LogP contribution in [0.4, 0.5) is 5.69 Å². The lowest BCUT2D eigenvalue weighted by Crippen LogP contribution is -2.29. The van der Waals surface area contributed by atoms with Crippen LogP contribution in [0.3, 0.4) is 0 Å². The molecule has 1 heterocycles. The Hall–Kier alpha value is -3.15. The van der Waals surface area contributed by atoms with Gasteiger partial charge in [0, 0.05) is 24.6 Å². The van der Waals surface area contributed by atoms with E-state index in [1.165, 1.54) is 0 Å². The second-order valence-electron chi connectivity index (χ2n) is 7.71. The molecule has 1 aromatic heterocycles. The minimum absolute atomic E-state index is 0.0238. The molecular weight excluding hydrogens is 376 g/mol. The van der Waals surface area contributed by atoms with E-state index in [1.54, 1.807) is 0 Å². The molecule has 2 aromatic carbocycles. The zero-order valence-corrected chi connectivity index (χ0v) is 17.9. The first-order valence-corrected chi connectivity index (χ1v) is 10.6. The number of carbonyl (C=O) groups excluding carboxylic acids is 2. The second-order valence-corrected chi connectivity index (χ2v) is 7.71. The highest BCUT2D eigenvalue weighted by molar-refractivity contribution is 5.92. The van der Waals surface area contributed by atoms with Crippen LogP contribution < -0.4 is 10.6 Å². The van der Waals surface area contributed by atoms with Crippen molar-refractivity contribution < 1.29 is 9.59 Å². The fraction of sp³-hybridized carbons (Fsp3) is 0.375. The highest BCUT2D eigenvalue weighted by Crippen LogP contribution is 2.19. The Bertz CT molecular complexity index is 1020. The number of benzene rings is 2. The molecule has 0 unspecified atom stereocenters. The van der Waals surface area contributed by atoms with Gasteiger partial charge in [0.05, 0.1) is 11.0 Å². The molecule has 0 aliphatic rings. The number of rotatable bonds is 9. The van der Waals surface area contributed by atoms with Gasteiger partial charge in [-0.15, -0.1) is 0 Å². The number of hydrogen-bond donors (Lipinski definition) is 2. The number of imidazole rings is 1. The Kier molecular flexibility index (Phi) is 7.22. The Morgan fingerprint density at radius 1 is 1.07 bits per heavy atom. The number of nitrogens with one attached hydrogen (secondary N) is 2. The number of carbonyl (C=O) groups is 2. The number of aromatic nitrogens is 2. The van der Waals surface area contributed by atoms with Crippen molar-refractivity contribution in [3.8, 4) is 0 Å². The summed E-state index contributed by atoms with van der Waals surface area (Å²) < 4.78 is 1.98. The largest absolute Gasteiger partial charge is 0.356 e. The number of aryl methyl sites for hydroxylation is 2. The quantitative estimate of drug-likeness (QED) is 0.529. The van der Waals surface area contributed by atoms with Crippen LogP contribution in [0.15, 0.2) is 48.5 Å². The van der Waals surface area contributed by atoms with Crippen molar-refractivity contribution in [1.82, 2.24) is 14.9 Å². The van der Waals surface area contributed by atoms with Gasteiger partial charge in [0.15, 0.2) is 0 Å². The molecule has 0 atom stereocenters. The molecule has 2 amide bonds. The summed E-state index contributed by atoms with van der Waals surface area (Å²) in [5.74, 6) is 0.809. The predicted molar refractivity (Wildman–Crippen MR) is 120 cm³/mol. The molecule has 30 heavy (non-hydrogen) atoms. The highest BCUT2D eigenvalue weighted by atomic mass is 16.2. The Balaban J connectivity index is 1.72. The summed E-state index contributed by atoms with van der Waals surface area (Å²) in [6.07, 6.45) is 2.31. The molecule has 0 aliphatic carbocycles. The van der Waals surface area contributed by atoms with Gasteiger partial charge >= 0.3 is 0 Å². The van der Waals surface area contributed by atoms with Crippen molar-refractivity contribution in [2.75, 3.05) is 11.9 Å². The molecule has 0 radical (unpaired) electrons. The van der Waals surface area contributed by atoms with Crippen LogP contribution in [0, 0.1) is 5.92 Å². The van der Waals surface area contributed by atoms with Crippen LogP contribution in [-0.2, 0) is 29.0 Å². The van der Waals surface area contributed by atoms with Crippen LogP contribution in [0.25, 0.3) is 11.0 Å². The third-order valence-corrected chi connectivity index (χ3v) is 5.11. The lowest BCUT2D eigenvalue weighted by Gasteiger charge is -2.13. The maximum absolute atomic E-state index is 12.8. The summed E-state index contributed by atoms with van der Waals surface area (Å²) >= 11 is 0. The summed E-state index contributed by atoms with van der Waals surface area (Å²) in [5, 5.41) is 5.98. The van der Waals surface area contributed by atoms with Gasteiger partial charge in [-0.3, -0.25) is 9.59 Å². The van der Waals surface area contributed by atoms with Crippen molar-refractivity contribution in [3.05, 3.63) is 59.9 Å². The molecule has 6 nitrogen and oxygen atoms in total. The third-order valence-electron chi connectivity index (χ3n) is 5.11. The second kappa shape index (κ2) is 10.1. The average molecular weight is 407 g/mol. The monoisotopic (exact) mass is 406 g/mol. The molecule has 3 aromatic rings. The molecule has 158 valence electrons. The number of nitrogens with zero attached hydrogens (tertiary/aromatic N) is 2. The average Bonchev–Trinajstić information content (AvgIpc) is 3.08. The summed E-state index contributed by atoms with van der Waals surface area (Å²) in [7, 11) is 0. The smallest absolute Gasteiger partial charge is 0.244 e. The number of anilines is 1. The Morgan fingerprint density at radius 3 is 2.57 bits per heavy atom. The minimum Gasteiger partial charge on any atom is -0.356 e. The summed E-state index contributed by atoms with van der Waals surface area (Å²) in [6.45, 7) is 6.63. The normalized spacial score (nSPS) is 11.1. The van der Waals surface area contributed by atoms with Crippen LogP contribution in [0.1, 0.15) is 38.6 Å². The van der Waals surface area contributed by atoms with Gasteiger partial charge in [0.1, 0.15) is 12.4 Å². The lowest BCUT2D eigenvalue weighted by molar-refractivity contribution is -0.124. The zero-order valence-electron chi connectivity index (χ0n) is 17.9. The summed E-state index contributed by atoms with van der Waals surface area (Å²) in [5.41, 5.74) is 3.79. The topological polar surface area (TPSA) is 76.0 Å². The Morgan fingerprint density at radius 2 is 1.80 bits per heavy atom. The van der Waals surface area contributed by atoms with Gasteiger partial charge in [0.2, 0.25) is 11.8 Å². The molecule has 3 rings (SSSR count). The number of para-hydroxylation sites is 3. The van der Waals surface area contributed by atoms with Crippen molar-refractivity contribution in [1.29, 1.82) is 0 Å². The van der Waals surface area contributed by atoms with E-state index in [0.29, 0.717) is 13.0 Å². The number of hydrogen-bond acceptors (Lipinski definition) is 3. The van der Waals surface area contributed by atoms with E-state index >= 15 is 0 Å². The molecule has 0 saturated heterocycles. The molecule has 0 spiro atoms. The zero-order chi connectivity index (χ0) is 21.5. The van der Waals surface area contributed by atoms with Crippen molar-refractivity contribution in [2.24, 2.45) is 5.92 Å². The summed E-state index contributed by atoms with van der Waals surface area (Å²) in [6, 6.07) is 15.7. The van der Waals surface area contributed by atoms with Gasteiger partial charge in [-0.25, -0.2) is 4.98 Å². The van der Waals surface area contributed by atoms with Crippen molar-refractivity contribution in [3.63, 3.8) is 0 Å². The van der Waals surface area contributed by atoms with Crippen molar-refractivity contribution in [2.45, 2.75) is 46.6 Å². The molecule has 0 fully saturated rings. The van der Waals surface area contributed by atoms with Crippen LogP contribution >= 0.6 is 0 Å². The van der Waals surface area contributed by atoms with E-state index < -0.39 is 0 Å². The molecule has 6 heteroatoms. The minimum atomic E-state index is -0.0755. The fourth-order valence-electron chi connectivity index (χ4n) is 3.44. The predicted octanol–water partition coefficient (Wildman–Crippen LogP) is 3.94. The standard InChI is InChI=1S/C24H30N4O2/c1-4-18-10-5-6-11-19(18)27-23(29)16-28-21-13-8-7-12-20(21)26-22(28)14-9-15-25-24(30)17(2)3/h5-8,10-13,17H,4,9,14-16H2,1-3H3,(H,25,30)(H,27,29). The van der Waals surface area contributed by atoms with E-state index in [-0.39, 0.29) is 24.3 Å². The van der Waals surface area contributed by atoms with Crippen LogP contribution in [0.2, 0.25) is 0 Å². The first-order valence-electron chi connectivity index (χ1n) is 10.6. The molecular formula is C24H30N4O2. The summed E-state index contributed by atoms with van der Waals surface area (Å²) in [4.78, 5) is 29.3. The van der Waals surface area contributed by atoms with E-state index in [2.05, 4.69) is 17.6 Å². The highest BCUT2D eigenvalue weighted by Gasteiger charge is 2.14.